The fraction of sp³-hybridized carbons (Fsp3) is 0.281. The van der Waals surface area contributed by atoms with E-state index in [1.807, 2.05) is 36.4 Å². The summed E-state index contributed by atoms with van der Waals surface area (Å²) < 4.78 is 12.9. The van der Waals surface area contributed by atoms with Crippen LogP contribution in [-0.2, 0) is 9.53 Å². The van der Waals surface area contributed by atoms with Crippen LogP contribution in [0.15, 0.2) is 66.9 Å². The number of thiocarbonyl (C=S) groups is 1. The van der Waals surface area contributed by atoms with Crippen molar-refractivity contribution in [2.45, 2.75) is 39.8 Å². The third-order valence-corrected chi connectivity index (χ3v) is 7.82. The number of anilines is 2. The van der Waals surface area contributed by atoms with E-state index in [0.29, 0.717) is 16.5 Å². The largest absolute Gasteiger partial charge is 0.495 e. The van der Waals surface area contributed by atoms with E-state index in [0.717, 1.165) is 34.0 Å². The van der Waals surface area contributed by atoms with Crippen molar-refractivity contribution in [2.24, 2.45) is 0 Å². The first-order valence-electron chi connectivity index (χ1n) is 13.5. The fourth-order valence-electron chi connectivity index (χ4n) is 5.63. The molecule has 0 saturated carbocycles. The van der Waals surface area contributed by atoms with Gasteiger partial charge >= 0.3 is 0 Å². The van der Waals surface area contributed by atoms with Gasteiger partial charge in [0, 0.05) is 36.1 Å². The molecule has 4 aromatic rings. The van der Waals surface area contributed by atoms with E-state index in [1.165, 1.54) is 18.2 Å². The highest BCUT2D eigenvalue weighted by Crippen LogP contribution is 2.45. The molecular formula is C32H35N5O3S. The summed E-state index contributed by atoms with van der Waals surface area (Å²) in [5.41, 5.74) is 9.20. The van der Waals surface area contributed by atoms with Gasteiger partial charge in [-0.15, -0.1) is 0 Å². The molecule has 2 aromatic heterocycles. The number of carbonyl (C=O) groups excluding carboxylic acids is 1. The van der Waals surface area contributed by atoms with E-state index < -0.39 is 0 Å². The first kappa shape index (κ1) is 28.3. The van der Waals surface area contributed by atoms with Gasteiger partial charge in [-0.3, -0.25) is 9.78 Å². The Balaban J connectivity index is 1.66. The Morgan fingerprint density at radius 2 is 1.85 bits per heavy atom. The Morgan fingerprint density at radius 1 is 1.05 bits per heavy atom. The molecule has 5 rings (SSSR count). The number of ether oxygens (including phenoxy) is 2. The van der Waals surface area contributed by atoms with E-state index >= 15 is 0 Å². The van der Waals surface area contributed by atoms with Crippen LogP contribution in [0, 0.1) is 27.7 Å². The molecule has 2 aromatic carbocycles. The predicted octanol–water partition coefficient (Wildman–Crippen LogP) is 5.88. The van der Waals surface area contributed by atoms with Gasteiger partial charge in [-0.25, -0.2) is 0 Å². The van der Waals surface area contributed by atoms with Crippen molar-refractivity contribution in [1.82, 2.24) is 14.9 Å². The number of rotatable bonds is 8. The molecular weight excluding hydrogens is 534 g/mol. The lowest BCUT2D eigenvalue weighted by Crippen LogP contribution is -2.29. The van der Waals surface area contributed by atoms with Crippen LogP contribution in [-0.4, -0.2) is 41.4 Å². The second kappa shape index (κ2) is 11.7. The van der Waals surface area contributed by atoms with Crippen molar-refractivity contribution >= 4 is 34.6 Å². The van der Waals surface area contributed by atoms with Crippen LogP contribution in [0.1, 0.15) is 45.9 Å². The van der Waals surface area contributed by atoms with E-state index in [4.69, 9.17) is 26.7 Å². The number of benzene rings is 2. The summed E-state index contributed by atoms with van der Waals surface area (Å²) in [6.45, 7) is 8.48. The Hall–Kier alpha value is -4.21. The number of pyridine rings is 1. The second-order valence-electron chi connectivity index (χ2n) is 10.3. The highest BCUT2D eigenvalue weighted by atomic mass is 32.1. The molecule has 3 heterocycles. The number of carbonyl (C=O) groups is 1. The van der Waals surface area contributed by atoms with Crippen LogP contribution in [0.5, 0.6) is 5.75 Å². The van der Waals surface area contributed by atoms with E-state index in [-0.39, 0.29) is 24.6 Å². The summed E-state index contributed by atoms with van der Waals surface area (Å²) in [4.78, 5) is 19.2. The van der Waals surface area contributed by atoms with E-state index in [9.17, 15) is 4.79 Å². The number of nitrogens with zero attached hydrogens (tertiary/aromatic N) is 3. The first-order chi connectivity index (χ1) is 19.7. The SMILES string of the molecule is COCC(=O)Nc1cc(N2C(=S)NC(c3ccccn3)C2c2cc(C)n(-c3cc(C)ccc3C)c2C)ccc1OC. The lowest BCUT2D eigenvalue weighted by Gasteiger charge is -2.29. The molecule has 8 nitrogen and oxygen atoms in total. The quantitative estimate of drug-likeness (QED) is 0.257. The average molecular weight is 570 g/mol. The highest BCUT2D eigenvalue weighted by Gasteiger charge is 2.42. The van der Waals surface area contributed by atoms with Crippen molar-refractivity contribution in [2.75, 3.05) is 31.0 Å². The maximum absolute atomic E-state index is 12.4. The minimum atomic E-state index is -0.273. The number of hydrogen-bond acceptors (Lipinski definition) is 5. The van der Waals surface area contributed by atoms with Gasteiger partial charge in [0.05, 0.1) is 30.6 Å². The molecule has 212 valence electrons. The molecule has 9 heteroatoms. The molecule has 2 atom stereocenters. The van der Waals surface area contributed by atoms with Gasteiger partial charge < -0.3 is 29.6 Å². The summed E-state index contributed by atoms with van der Waals surface area (Å²) in [6, 6.07) is 20.0. The maximum Gasteiger partial charge on any atom is 0.250 e. The lowest BCUT2D eigenvalue weighted by atomic mass is 9.96. The Labute approximate surface area is 246 Å². The van der Waals surface area contributed by atoms with Gasteiger partial charge in [0.2, 0.25) is 5.91 Å². The highest BCUT2D eigenvalue weighted by molar-refractivity contribution is 7.80. The van der Waals surface area contributed by atoms with Crippen molar-refractivity contribution < 1.29 is 14.3 Å². The number of hydrogen-bond donors (Lipinski definition) is 2. The number of aromatic nitrogens is 2. The standard InChI is InChI=1S/C32H35N5O3S/c1-19-10-11-20(2)27(15-19)36-21(3)16-24(22(36)4)31-30(25-9-7-8-14-33-25)35-32(41)37(31)23-12-13-28(40-6)26(17-23)34-29(38)18-39-5/h7-17,30-31H,18H2,1-6H3,(H,34,38)(H,35,41). The summed E-state index contributed by atoms with van der Waals surface area (Å²) in [7, 11) is 3.06. The summed E-state index contributed by atoms with van der Waals surface area (Å²) >= 11 is 5.97. The Morgan fingerprint density at radius 3 is 2.56 bits per heavy atom. The van der Waals surface area contributed by atoms with Crippen molar-refractivity contribution in [3.8, 4) is 11.4 Å². The van der Waals surface area contributed by atoms with Crippen LogP contribution in [0.2, 0.25) is 0 Å². The van der Waals surface area contributed by atoms with Gasteiger partial charge in [-0.1, -0.05) is 18.2 Å². The Bertz CT molecular complexity index is 1600. The van der Waals surface area contributed by atoms with E-state index in [2.05, 4.69) is 72.1 Å². The van der Waals surface area contributed by atoms with Gasteiger partial charge in [0.1, 0.15) is 12.4 Å². The van der Waals surface area contributed by atoms with Crippen LogP contribution in [0.25, 0.3) is 5.69 Å². The summed E-state index contributed by atoms with van der Waals surface area (Å²) in [5.74, 6) is 0.271. The second-order valence-corrected chi connectivity index (χ2v) is 10.7. The number of methoxy groups -OCH3 is 2. The molecule has 41 heavy (non-hydrogen) atoms. The molecule has 1 amide bonds. The van der Waals surface area contributed by atoms with Gasteiger partial charge in [-0.05, 0) is 99.1 Å². The topological polar surface area (TPSA) is 80.7 Å². The van der Waals surface area contributed by atoms with Gasteiger partial charge in [0.25, 0.3) is 0 Å². The van der Waals surface area contributed by atoms with Crippen molar-refractivity contribution in [1.29, 1.82) is 0 Å². The first-order valence-corrected chi connectivity index (χ1v) is 13.9. The van der Waals surface area contributed by atoms with E-state index in [1.54, 1.807) is 13.3 Å². The van der Waals surface area contributed by atoms with Crippen LogP contribution < -0.4 is 20.3 Å². The minimum Gasteiger partial charge on any atom is -0.495 e. The zero-order chi connectivity index (χ0) is 29.3. The molecule has 1 aliphatic rings. The fourth-order valence-corrected chi connectivity index (χ4v) is 5.97. The number of nitrogens with one attached hydrogen (secondary N) is 2. The molecule has 0 spiro atoms. The minimum absolute atomic E-state index is 0.0637. The Kier molecular flexibility index (Phi) is 8.10. The molecule has 2 N–H and O–H groups in total. The molecule has 2 unspecified atom stereocenters. The third-order valence-electron chi connectivity index (χ3n) is 7.50. The maximum atomic E-state index is 12.4. The van der Waals surface area contributed by atoms with Gasteiger partial charge in [-0.2, -0.15) is 0 Å². The zero-order valence-corrected chi connectivity index (χ0v) is 25.0. The smallest absolute Gasteiger partial charge is 0.250 e. The molecule has 0 radical (unpaired) electrons. The summed E-state index contributed by atoms with van der Waals surface area (Å²) in [5, 5.41) is 7.01. The predicted molar refractivity (Wildman–Crippen MR) is 166 cm³/mol. The van der Waals surface area contributed by atoms with Crippen molar-refractivity contribution in [3.63, 3.8) is 0 Å². The molecule has 1 fully saturated rings. The molecule has 1 saturated heterocycles. The number of amides is 1. The number of aryl methyl sites for hydroxylation is 3. The monoisotopic (exact) mass is 569 g/mol. The third kappa shape index (κ3) is 5.42. The van der Waals surface area contributed by atoms with Crippen LogP contribution in [0.4, 0.5) is 11.4 Å². The van der Waals surface area contributed by atoms with Crippen LogP contribution in [0.3, 0.4) is 0 Å². The van der Waals surface area contributed by atoms with Crippen LogP contribution >= 0.6 is 12.2 Å². The van der Waals surface area contributed by atoms with Crippen molar-refractivity contribution in [3.05, 3.63) is 101 Å². The normalized spacial score (nSPS) is 16.5. The van der Waals surface area contributed by atoms with Gasteiger partial charge in [0.15, 0.2) is 5.11 Å². The molecule has 0 aliphatic carbocycles. The lowest BCUT2D eigenvalue weighted by molar-refractivity contribution is -0.119. The molecule has 1 aliphatic heterocycles. The average Bonchev–Trinajstić information content (AvgIpc) is 3.45. The molecule has 0 bridgehead atoms. The zero-order valence-electron chi connectivity index (χ0n) is 24.2. The summed E-state index contributed by atoms with van der Waals surface area (Å²) in [6.07, 6.45) is 1.80.